The Bertz CT molecular complexity index is 1120. The van der Waals surface area contributed by atoms with Crippen molar-refractivity contribution in [2.24, 2.45) is 0 Å². The molecule has 2 aromatic heterocycles. The van der Waals surface area contributed by atoms with Crippen LogP contribution >= 0.6 is 0 Å². The van der Waals surface area contributed by atoms with Crippen LogP contribution in [0, 0.1) is 11.3 Å². The number of H-pyrrole nitrogens is 2. The lowest BCUT2D eigenvalue weighted by atomic mass is 10.1. The van der Waals surface area contributed by atoms with Gasteiger partial charge in [0.05, 0.1) is 34.8 Å². The SMILES string of the molecule is CC(C)Oc1ccc(-c2cc(-c3ccc4[nH]ncc4c3)n[nH]2)cc1C#N. The average molecular weight is 343 g/mol. The summed E-state index contributed by atoms with van der Waals surface area (Å²) in [5, 5.41) is 24.9. The fraction of sp³-hybridized carbons (Fsp3) is 0.150. The topological polar surface area (TPSA) is 90.4 Å². The van der Waals surface area contributed by atoms with Crippen LogP contribution in [-0.4, -0.2) is 26.5 Å². The lowest BCUT2D eigenvalue weighted by Gasteiger charge is -2.11. The number of rotatable bonds is 4. The Labute approximate surface area is 150 Å². The highest BCUT2D eigenvalue weighted by molar-refractivity contribution is 5.84. The molecule has 2 N–H and O–H groups in total. The third-order valence-electron chi connectivity index (χ3n) is 4.09. The van der Waals surface area contributed by atoms with E-state index in [1.165, 1.54) is 0 Å². The van der Waals surface area contributed by atoms with Crippen molar-refractivity contribution in [2.45, 2.75) is 20.0 Å². The summed E-state index contributed by atoms with van der Waals surface area (Å²) in [4.78, 5) is 0. The van der Waals surface area contributed by atoms with Crippen molar-refractivity contribution < 1.29 is 4.74 Å². The number of hydrogen-bond acceptors (Lipinski definition) is 4. The van der Waals surface area contributed by atoms with Crippen molar-refractivity contribution in [2.75, 3.05) is 0 Å². The third kappa shape index (κ3) is 2.91. The van der Waals surface area contributed by atoms with Crippen LogP contribution in [0.5, 0.6) is 5.75 Å². The van der Waals surface area contributed by atoms with E-state index in [0.717, 1.165) is 33.4 Å². The summed E-state index contributed by atoms with van der Waals surface area (Å²) in [5.74, 6) is 0.594. The van der Waals surface area contributed by atoms with Gasteiger partial charge in [0, 0.05) is 16.5 Å². The van der Waals surface area contributed by atoms with E-state index < -0.39 is 0 Å². The molecule has 0 aliphatic rings. The number of fused-ring (bicyclic) bond motifs is 1. The molecular formula is C20H17N5O. The van der Waals surface area contributed by atoms with Crippen LogP contribution in [-0.2, 0) is 0 Å². The number of hydrogen-bond donors (Lipinski definition) is 2. The second-order valence-corrected chi connectivity index (χ2v) is 6.33. The number of nitriles is 1. The number of benzene rings is 2. The van der Waals surface area contributed by atoms with Gasteiger partial charge < -0.3 is 4.74 Å². The first kappa shape index (κ1) is 15.9. The van der Waals surface area contributed by atoms with E-state index >= 15 is 0 Å². The molecule has 2 aromatic carbocycles. The summed E-state index contributed by atoms with van der Waals surface area (Å²) in [6.45, 7) is 3.88. The Kier molecular flexibility index (Phi) is 3.90. The zero-order chi connectivity index (χ0) is 18.1. The van der Waals surface area contributed by atoms with Gasteiger partial charge in [-0.25, -0.2) is 0 Å². The molecule has 128 valence electrons. The molecular weight excluding hydrogens is 326 g/mol. The number of nitrogens with zero attached hydrogens (tertiary/aromatic N) is 3. The molecule has 0 atom stereocenters. The van der Waals surface area contributed by atoms with Crippen LogP contribution in [0.3, 0.4) is 0 Å². The fourth-order valence-corrected chi connectivity index (χ4v) is 2.86. The summed E-state index contributed by atoms with van der Waals surface area (Å²) >= 11 is 0. The van der Waals surface area contributed by atoms with Gasteiger partial charge in [0.15, 0.2) is 0 Å². The minimum Gasteiger partial charge on any atom is -0.490 e. The second kappa shape index (κ2) is 6.37. The zero-order valence-corrected chi connectivity index (χ0v) is 14.4. The van der Waals surface area contributed by atoms with Crippen molar-refractivity contribution >= 4 is 10.9 Å². The molecule has 0 spiro atoms. The lowest BCUT2D eigenvalue weighted by molar-refractivity contribution is 0.242. The van der Waals surface area contributed by atoms with E-state index in [-0.39, 0.29) is 6.10 Å². The van der Waals surface area contributed by atoms with Gasteiger partial charge in [0.1, 0.15) is 11.8 Å². The maximum absolute atomic E-state index is 9.40. The van der Waals surface area contributed by atoms with E-state index in [2.05, 4.69) is 26.5 Å². The van der Waals surface area contributed by atoms with Crippen LogP contribution in [0.25, 0.3) is 33.4 Å². The summed E-state index contributed by atoms with van der Waals surface area (Å²) in [6.07, 6.45) is 1.81. The Morgan fingerprint density at radius 2 is 1.88 bits per heavy atom. The number of aromatic amines is 2. The van der Waals surface area contributed by atoms with Gasteiger partial charge in [0.25, 0.3) is 0 Å². The third-order valence-corrected chi connectivity index (χ3v) is 4.09. The van der Waals surface area contributed by atoms with E-state index in [1.807, 2.05) is 56.3 Å². The molecule has 2 heterocycles. The molecule has 0 saturated carbocycles. The van der Waals surface area contributed by atoms with Crippen LogP contribution in [0.1, 0.15) is 19.4 Å². The van der Waals surface area contributed by atoms with Gasteiger partial charge in [0.2, 0.25) is 0 Å². The van der Waals surface area contributed by atoms with Gasteiger partial charge in [-0.15, -0.1) is 0 Å². The molecule has 4 rings (SSSR count). The van der Waals surface area contributed by atoms with Crippen molar-refractivity contribution in [3.63, 3.8) is 0 Å². The quantitative estimate of drug-likeness (QED) is 0.579. The Morgan fingerprint density at radius 1 is 1.04 bits per heavy atom. The Morgan fingerprint density at radius 3 is 2.69 bits per heavy atom. The summed E-state index contributed by atoms with van der Waals surface area (Å²) < 4.78 is 5.68. The first-order chi connectivity index (χ1) is 12.6. The number of ether oxygens (including phenoxy) is 1. The Hall–Kier alpha value is -3.59. The highest BCUT2D eigenvalue weighted by atomic mass is 16.5. The first-order valence-electron chi connectivity index (χ1n) is 8.34. The van der Waals surface area contributed by atoms with Gasteiger partial charge in [-0.3, -0.25) is 10.2 Å². The smallest absolute Gasteiger partial charge is 0.137 e. The van der Waals surface area contributed by atoms with Gasteiger partial charge in [-0.1, -0.05) is 6.07 Å². The molecule has 0 bridgehead atoms. The van der Waals surface area contributed by atoms with E-state index in [4.69, 9.17) is 4.74 Å². The normalized spacial score (nSPS) is 11.0. The van der Waals surface area contributed by atoms with Gasteiger partial charge in [-0.05, 0) is 50.2 Å². The van der Waals surface area contributed by atoms with Crippen molar-refractivity contribution in [1.82, 2.24) is 20.4 Å². The first-order valence-corrected chi connectivity index (χ1v) is 8.34. The monoisotopic (exact) mass is 343 g/mol. The molecule has 4 aromatic rings. The Balaban J connectivity index is 1.68. The summed E-state index contributed by atoms with van der Waals surface area (Å²) in [7, 11) is 0. The van der Waals surface area contributed by atoms with Gasteiger partial charge in [-0.2, -0.15) is 15.5 Å². The maximum Gasteiger partial charge on any atom is 0.137 e. The molecule has 26 heavy (non-hydrogen) atoms. The predicted octanol–water partition coefficient (Wildman–Crippen LogP) is 4.28. The van der Waals surface area contributed by atoms with Crippen molar-refractivity contribution in [1.29, 1.82) is 5.26 Å². The van der Waals surface area contributed by atoms with Crippen LogP contribution in [0.2, 0.25) is 0 Å². The van der Waals surface area contributed by atoms with E-state index in [9.17, 15) is 5.26 Å². The predicted molar refractivity (Wildman–Crippen MR) is 99.6 cm³/mol. The van der Waals surface area contributed by atoms with Gasteiger partial charge >= 0.3 is 0 Å². The highest BCUT2D eigenvalue weighted by Gasteiger charge is 2.11. The lowest BCUT2D eigenvalue weighted by Crippen LogP contribution is -2.06. The zero-order valence-electron chi connectivity index (χ0n) is 14.4. The maximum atomic E-state index is 9.40. The van der Waals surface area contributed by atoms with Crippen LogP contribution in [0.15, 0.2) is 48.7 Å². The van der Waals surface area contributed by atoms with Crippen molar-refractivity contribution in [3.05, 3.63) is 54.2 Å². The van der Waals surface area contributed by atoms with Crippen molar-refractivity contribution in [3.8, 4) is 34.3 Å². The number of aromatic nitrogens is 4. The van der Waals surface area contributed by atoms with E-state index in [1.54, 1.807) is 6.20 Å². The highest BCUT2D eigenvalue weighted by Crippen LogP contribution is 2.29. The second-order valence-electron chi connectivity index (χ2n) is 6.33. The molecule has 0 amide bonds. The molecule has 0 saturated heterocycles. The molecule has 0 unspecified atom stereocenters. The molecule has 0 radical (unpaired) electrons. The molecule has 6 heteroatoms. The molecule has 0 fully saturated rings. The molecule has 6 nitrogen and oxygen atoms in total. The fourth-order valence-electron chi connectivity index (χ4n) is 2.86. The van der Waals surface area contributed by atoms with E-state index in [0.29, 0.717) is 11.3 Å². The standard InChI is InChI=1S/C20H17N5O/c1-12(2)26-20-6-4-14(7-15(20)10-21)19-9-18(24-25-19)13-3-5-17-16(8-13)11-22-23-17/h3-9,11-12H,1-2H3,(H,22,23)(H,24,25). The molecule has 0 aliphatic heterocycles. The average Bonchev–Trinajstić information content (AvgIpc) is 3.30. The minimum atomic E-state index is 0.0181. The minimum absolute atomic E-state index is 0.0181. The molecule has 0 aliphatic carbocycles. The summed E-state index contributed by atoms with van der Waals surface area (Å²) in [5.41, 5.74) is 5.07. The summed E-state index contributed by atoms with van der Waals surface area (Å²) in [6, 6.07) is 15.8. The van der Waals surface area contributed by atoms with Crippen LogP contribution < -0.4 is 4.74 Å². The van der Waals surface area contributed by atoms with Crippen LogP contribution in [0.4, 0.5) is 0 Å². The largest absolute Gasteiger partial charge is 0.490 e. The number of nitrogens with one attached hydrogen (secondary N) is 2.